The highest BCUT2D eigenvalue weighted by atomic mass is 16.5. The summed E-state index contributed by atoms with van der Waals surface area (Å²) < 4.78 is 8.55. The molecule has 0 N–H and O–H groups in total. The summed E-state index contributed by atoms with van der Waals surface area (Å²) in [7, 11) is 3.39. The molecule has 6 nitrogen and oxygen atoms in total. The van der Waals surface area contributed by atoms with Gasteiger partial charge in [0.25, 0.3) is 5.56 Å². The Hall–Kier alpha value is -4.45. The average Bonchev–Trinajstić information content (AvgIpc) is 3.12. The van der Waals surface area contributed by atoms with Gasteiger partial charge in [0.1, 0.15) is 11.3 Å². The van der Waals surface area contributed by atoms with Crippen molar-refractivity contribution in [2.45, 2.75) is 6.54 Å². The van der Waals surface area contributed by atoms with Crippen LogP contribution in [0.15, 0.2) is 88.6 Å². The van der Waals surface area contributed by atoms with Crippen LogP contribution in [0.2, 0.25) is 0 Å². The molecule has 168 valence electrons. The highest BCUT2D eigenvalue weighted by Crippen LogP contribution is 2.26. The minimum absolute atomic E-state index is 0.254. The number of para-hydroxylation sites is 1. The summed E-state index contributed by atoms with van der Waals surface area (Å²) in [6, 6.07) is 21.8. The summed E-state index contributed by atoms with van der Waals surface area (Å²) in [5.41, 5.74) is 2.63. The van der Waals surface area contributed by atoms with Crippen LogP contribution in [0.3, 0.4) is 0 Å². The van der Waals surface area contributed by atoms with Crippen LogP contribution in [0.1, 0.15) is 15.9 Å². The molecule has 0 aliphatic rings. The molecule has 0 saturated carbocycles. The van der Waals surface area contributed by atoms with Crippen molar-refractivity contribution >= 4 is 28.1 Å². The van der Waals surface area contributed by atoms with Crippen molar-refractivity contribution in [2.75, 3.05) is 7.11 Å². The van der Waals surface area contributed by atoms with Crippen LogP contribution in [0.4, 0.5) is 0 Å². The second-order valence-corrected chi connectivity index (χ2v) is 8.16. The predicted molar refractivity (Wildman–Crippen MR) is 134 cm³/mol. The largest absolute Gasteiger partial charge is 0.497 e. The van der Waals surface area contributed by atoms with E-state index in [2.05, 4.69) is 0 Å². The van der Waals surface area contributed by atoms with Crippen molar-refractivity contribution in [1.82, 2.24) is 9.13 Å². The van der Waals surface area contributed by atoms with Gasteiger partial charge in [0.05, 0.1) is 19.0 Å². The van der Waals surface area contributed by atoms with E-state index in [-0.39, 0.29) is 17.5 Å². The van der Waals surface area contributed by atoms with Crippen LogP contribution in [0, 0.1) is 0 Å². The van der Waals surface area contributed by atoms with Gasteiger partial charge in [-0.2, -0.15) is 0 Å². The molecular weight excluding hydrogens is 428 g/mol. The van der Waals surface area contributed by atoms with Gasteiger partial charge in [-0.05, 0) is 29.3 Å². The quantitative estimate of drug-likeness (QED) is 0.373. The van der Waals surface area contributed by atoms with Crippen LogP contribution < -0.4 is 15.7 Å². The number of hydrogen-bond donors (Lipinski definition) is 0. The number of rotatable bonds is 5. The first-order valence-corrected chi connectivity index (χ1v) is 10.9. The Morgan fingerprint density at radius 3 is 2.32 bits per heavy atom. The molecule has 5 aromatic rings. The molecule has 0 aliphatic heterocycles. The van der Waals surface area contributed by atoms with Gasteiger partial charge < -0.3 is 13.9 Å². The molecule has 0 fully saturated rings. The van der Waals surface area contributed by atoms with E-state index in [1.54, 1.807) is 53.8 Å². The zero-order valence-electron chi connectivity index (χ0n) is 18.8. The van der Waals surface area contributed by atoms with Gasteiger partial charge in [-0.15, -0.1) is 0 Å². The molecule has 0 bridgehead atoms. The summed E-state index contributed by atoms with van der Waals surface area (Å²) in [4.78, 5) is 39.6. The second-order valence-electron chi connectivity index (χ2n) is 8.16. The molecule has 2 aromatic heterocycles. The number of fused-ring (bicyclic) bond motifs is 3. The van der Waals surface area contributed by atoms with E-state index in [0.717, 1.165) is 17.4 Å². The number of benzene rings is 3. The van der Waals surface area contributed by atoms with Crippen LogP contribution in [-0.2, 0) is 13.6 Å². The van der Waals surface area contributed by atoms with E-state index < -0.39 is 0 Å². The Morgan fingerprint density at radius 1 is 0.882 bits per heavy atom. The van der Waals surface area contributed by atoms with Crippen molar-refractivity contribution in [3.05, 3.63) is 111 Å². The maximum Gasteiger partial charge on any atom is 0.275 e. The summed E-state index contributed by atoms with van der Waals surface area (Å²) in [6.07, 6.45) is 2.31. The number of carbonyl (C=O) groups is 1. The first kappa shape index (κ1) is 21.4. The first-order valence-electron chi connectivity index (χ1n) is 10.9. The van der Waals surface area contributed by atoms with Crippen LogP contribution in [-0.4, -0.2) is 22.5 Å². The van der Waals surface area contributed by atoms with Crippen molar-refractivity contribution in [3.63, 3.8) is 0 Å². The highest BCUT2D eigenvalue weighted by Gasteiger charge is 2.19. The van der Waals surface area contributed by atoms with Crippen LogP contribution in [0.5, 0.6) is 5.75 Å². The lowest BCUT2D eigenvalue weighted by molar-refractivity contribution is 0.112. The van der Waals surface area contributed by atoms with Gasteiger partial charge in [0.2, 0.25) is 0 Å². The Labute approximate surface area is 195 Å². The summed E-state index contributed by atoms with van der Waals surface area (Å²) in [5.74, 6) is 0.716. The Balaban J connectivity index is 1.91. The molecule has 0 spiro atoms. The highest BCUT2D eigenvalue weighted by molar-refractivity contribution is 6.08. The normalized spacial score (nSPS) is 11.1. The molecule has 0 atom stereocenters. The minimum Gasteiger partial charge on any atom is -0.497 e. The third kappa shape index (κ3) is 3.40. The lowest BCUT2D eigenvalue weighted by Gasteiger charge is -2.08. The molecule has 5 rings (SSSR count). The molecule has 0 radical (unpaired) electrons. The van der Waals surface area contributed by atoms with E-state index in [9.17, 15) is 14.4 Å². The maximum absolute atomic E-state index is 14.0. The summed E-state index contributed by atoms with van der Waals surface area (Å²) >= 11 is 0. The van der Waals surface area contributed by atoms with E-state index in [0.29, 0.717) is 38.7 Å². The van der Waals surface area contributed by atoms with Crippen LogP contribution >= 0.6 is 0 Å². The first-order chi connectivity index (χ1) is 16.5. The number of hydrogen-bond acceptors (Lipinski definition) is 4. The van der Waals surface area contributed by atoms with E-state index in [1.807, 2.05) is 48.5 Å². The molecule has 0 amide bonds. The number of ether oxygens (including phenoxy) is 1. The smallest absolute Gasteiger partial charge is 0.275 e. The van der Waals surface area contributed by atoms with Gasteiger partial charge in [-0.1, -0.05) is 54.6 Å². The van der Waals surface area contributed by atoms with Gasteiger partial charge in [0, 0.05) is 35.3 Å². The van der Waals surface area contributed by atoms with E-state index in [1.165, 1.54) is 0 Å². The Bertz CT molecular complexity index is 1680. The fraction of sp³-hybridized carbons (Fsp3) is 0.107. The Kier molecular flexibility index (Phi) is 5.34. The summed E-state index contributed by atoms with van der Waals surface area (Å²) in [5, 5.41) is 1.06. The van der Waals surface area contributed by atoms with Gasteiger partial charge in [-0.3, -0.25) is 14.4 Å². The monoisotopic (exact) mass is 450 g/mol. The molecule has 0 aliphatic carbocycles. The minimum atomic E-state index is -0.285. The van der Waals surface area contributed by atoms with E-state index >= 15 is 0 Å². The number of aromatic nitrogens is 2. The zero-order chi connectivity index (χ0) is 23.8. The Morgan fingerprint density at radius 2 is 1.59 bits per heavy atom. The average molecular weight is 450 g/mol. The van der Waals surface area contributed by atoms with Crippen molar-refractivity contribution < 1.29 is 9.53 Å². The number of methoxy groups -OCH3 is 1. The molecular formula is C28H22N2O4. The topological polar surface area (TPSA) is 70.3 Å². The van der Waals surface area contributed by atoms with Crippen LogP contribution in [0.25, 0.3) is 32.9 Å². The molecule has 0 saturated heterocycles. The summed E-state index contributed by atoms with van der Waals surface area (Å²) in [6.45, 7) is 0.254. The molecule has 34 heavy (non-hydrogen) atoms. The maximum atomic E-state index is 14.0. The molecule has 2 heterocycles. The lowest BCUT2D eigenvalue weighted by atomic mass is 10.0. The zero-order valence-corrected chi connectivity index (χ0v) is 18.8. The number of aldehydes is 1. The third-order valence-electron chi connectivity index (χ3n) is 6.22. The van der Waals surface area contributed by atoms with Gasteiger partial charge >= 0.3 is 0 Å². The molecule has 3 aromatic carbocycles. The predicted octanol–water partition coefficient (Wildman–Crippen LogP) is 4.39. The van der Waals surface area contributed by atoms with E-state index in [4.69, 9.17) is 4.74 Å². The number of aryl methyl sites for hydroxylation is 1. The standard InChI is InChI=1S/C28H22N2O4/c1-29-24-10-6-5-9-22(24)25-26(29)28(33)30(15-18-11-13-20(34-2)14-12-18)16-23(27(25)32)21-8-4-3-7-19(21)17-31/h3-14,16-17H,15H2,1-2H3. The lowest BCUT2D eigenvalue weighted by Crippen LogP contribution is -2.19. The molecule has 6 heteroatoms. The number of nitrogens with zero attached hydrogens (tertiary/aromatic N) is 2. The van der Waals surface area contributed by atoms with Crippen molar-refractivity contribution in [1.29, 1.82) is 0 Å². The number of carbonyl (C=O) groups excluding carboxylic acids is 1. The fourth-order valence-corrected chi connectivity index (χ4v) is 4.50. The third-order valence-corrected chi connectivity index (χ3v) is 6.22. The fourth-order valence-electron chi connectivity index (χ4n) is 4.50. The molecule has 0 unspecified atom stereocenters. The van der Waals surface area contributed by atoms with Crippen molar-refractivity contribution in [3.8, 4) is 16.9 Å². The second kappa shape index (κ2) is 8.48. The van der Waals surface area contributed by atoms with Gasteiger partial charge in [-0.25, -0.2) is 0 Å². The van der Waals surface area contributed by atoms with Gasteiger partial charge in [0.15, 0.2) is 11.7 Å². The van der Waals surface area contributed by atoms with Crippen molar-refractivity contribution in [2.24, 2.45) is 7.05 Å². The SMILES string of the molecule is COc1ccc(Cn2cc(-c3ccccc3C=O)c(=O)c3c4ccccc4n(C)c3c2=O)cc1.